The lowest BCUT2D eigenvalue weighted by atomic mass is 9.70. The quantitative estimate of drug-likeness (QED) is 0.536. The summed E-state index contributed by atoms with van der Waals surface area (Å²) in [7, 11) is 1.43. The van der Waals surface area contributed by atoms with E-state index in [-0.39, 0.29) is 12.0 Å². The molecule has 2 atom stereocenters. The number of benzene rings is 1. The maximum Gasteiger partial charge on any atom is 0.320 e. The van der Waals surface area contributed by atoms with Gasteiger partial charge in [0.05, 0.1) is 13.2 Å². The second-order valence-electron chi connectivity index (χ2n) is 5.88. The monoisotopic (exact) mass is 323 g/mol. The molecule has 1 aromatic rings. The largest absolute Gasteiger partial charge is 0.468 e. The molecular weight excluding hydrogens is 298 g/mol. The van der Waals surface area contributed by atoms with E-state index in [1.165, 1.54) is 7.11 Å². The Morgan fingerprint density at radius 1 is 1.21 bits per heavy atom. The molecule has 24 heavy (non-hydrogen) atoms. The van der Waals surface area contributed by atoms with E-state index in [9.17, 15) is 4.79 Å². The minimum atomic E-state index is -0.808. The second-order valence-corrected chi connectivity index (χ2v) is 5.88. The van der Waals surface area contributed by atoms with Gasteiger partial charge in [-0.25, -0.2) is 0 Å². The molecule has 2 rings (SSSR count). The van der Waals surface area contributed by atoms with Gasteiger partial charge in [-0.3, -0.25) is 9.69 Å². The van der Waals surface area contributed by atoms with Crippen molar-refractivity contribution in [2.45, 2.75) is 17.9 Å². The van der Waals surface area contributed by atoms with Gasteiger partial charge in [0.1, 0.15) is 5.41 Å². The van der Waals surface area contributed by atoms with Crippen LogP contribution in [-0.4, -0.2) is 31.1 Å². The van der Waals surface area contributed by atoms with Crippen molar-refractivity contribution in [2.24, 2.45) is 0 Å². The number of esters is 1. The lowest BCUT2D eigenvalue weighted by Gasteiger charge is -2.38. The average molecular weight is 323 g/mol. The number of carbonyl (C=O) groups excluding carboxylic acids is 1. The number of fused-ring (bicyclic) bond motifs is 1. The number of ether oxygens (including phenoxy) is 1. The first-order valence-electron chi connectivity index (χ1n) is 8.08. The molecule has 3 nitrogen and oxygen atoms in total. The van der Waals surface area contributed by atoms with Crippen molar-refractivity contribution in [3.8, 4) is 0 Å². The Morgan fingerprint density at radius 2 is 1.88 bits per heavy atom. The van der Waals surface area contributed by atoms with E-state index in [2.05, 4.69) is 36.8 Å². The van der Waals surface area contributed by atoms with Crippen LogP contribution < -0.4 is 0 Å². The molecule has 1 aromatic carbocycles. The van der Waals surface area contributed by atoms with Crippen LogP contribution >= 0.6 is 0 Å². The fraction of sp³-hybridized carbons (Fsp3) is 0.286. The van der Waals surface area contributed by atoms with Crippen LogP contribution in [0.4, 0.5) is 0 Å². The summed E-state index contributed by atoms with van der Waals surface area (Å²) in [6.45, 7) is 13.0. The molecule has 126 valence electrons. The van der Waals surface area contributed by atoms with Gasteiger partial charge >= 0.3 is 5.97 Å². The normalized spacial score (nSPS) is 21.8. The number of allylic oxidation sites excluding steroid dienone is 1. The molecule has 0 radical (unpaired) electrons. The zero-order chi connectivity index (χ0) is 17.6. The van der Waals surface area contributed by atoms with Crippen molar-refractivity contribution in [1.29, 1.82) is 0 Å². The van der Waals surface area contributed by atoms with Crippen LogP contribution in [0.15, 0.2) is 74.4 Å². The van der Waals surface area contributed by atoms with Crippen LogP contribution in [0.1, 0.15) is 23.6 Å². The Bertz CT molecular complexity index is 652. The highest BCUT2D eigenvalue weighted by atomic mass is 16.5. The number of hydrogen-bond donors (Lipinski definition) is 0. The van der Waals surface area contributed by atoms with Gasteiger partial charge in [-0.05, 0) is 17.5 Å². The number of carbonyl (C=O) groups is 1. The molecule has 0 fully saturated rings. The third-order valence-electron chi connectivity index (χ3n) is 4.46. The Morgan fingerprint density at radius 3 is 2.46 bits per heavy atom. The predicted octanol–water partition coefficient (Wildman–Crippen LogP) is 3.96. The zero-order valence-electron chi connectivity index (χ0n) is 14.3. The van der Waals surface area contributed by atoms with Crippen molar-refractivity contribution in [1.82, 2.24) is 4.90 Å². The van der Waals surface area contributed by atoms with Crippen LogP contribution in [0.25, 0.3) is 0 Å². The average Bonchev–Trinajstić information content (AvgIpc) is 2.61. The standard InChI is InChI=1S/C21H25NO2/c1-5-13-21(20(23)24-4)14-12-19(22(15-6-2)16-7-3)17-10-8-9-11-18(17)21/h5-12,14,19H,1-3,13,15-16H2,4H3/t19-,21+/m1/s1. The Labute approximate surface area is 144 Å². The van der Waals surface area contributed by atoms with Crippen molar-refractivity contribution in [3.05, 3.63) is 85.5 Å². The molecular formula is C21H25NO2. The Hall–Kier alpha value is -2.39. The first-order valence-corrected chi connectivity index (χ1v) is 8.08. The van der Waals surface area contributed by atoms with Crippen molar-refractivity contribution >= 4 is 5.97 Å². The predicted molar refractivity (Wildman–Crippen MR) is 98.8 cm³/mol. The molecule has 0 N–H and O–H groups in total. The molecule has 3 heteroatoms. The van der Waals surface area contributed by atoms with E-state index < -0.39 is 5.41 Å². The van der Waals surface area contributed by atoms with E-state index in [1.54, 1.807) is 6.08 Å². The van der Waals surface area contributed by atoms with Crippen LogP contribution in [0.5, 0.6) is 0 Å². The first kappa shape index (κ1) is 18.0. The second kappa shape index (κ2) is 7.93. The van der Waals surface area contributed by atoms with Gasteiger partial charge in [-0.15, -0.1) is 19.7 Å². The molecule has 0 saturated heterocycles. The molecule has 0 amide bonds. The first-order chi connectivity index (χ1) is 11.6. The Balaban J connectivity index is 2.58. The molecule has 0 bridgehead atoms. The van der Waals surface area contributed by atoms with Gasteiger partial charge in [0, 0.05) is 13.1 Å². The van der Waals surface area contributed by atoms with Crippen molar-refractivity contribution < 1.29 is 9.53 Å². The third-order valence-corrected chi connectivity index (χ3v) is 4.46. The summed E-state index contributed by atoms with van der Waals surface area (Å²) in [6.07, 6.45) is 10.1. The van der Waals surface area contributed by atoms with Gasteiger partial charge in [0.25, 0.3) is 0 Å². The van der Waals surface area contributed by atoms with Gasteiger partial charge < -0.3 is 4.74 Å². The third kappa shape index (κ3) is 3.13. The smallest absolute Gasteiger partial charge is 0.320 e. The van der Waals surface area contributed by atoms with Crippen LogP contribution in [-0.2, 0) is 14.9 Å². The van der Waals surface area contributed by atoms with E-state index in [4.69, 9.17) is 4.74 Å². The molecule has 0 spiro atoms. The van der Waals surface area contributed by atoms with E-state index in [0.717, 1.165) is 24.2 Å². The zero-order valence-corrected chi connectivity index (χ0v) is 14.3. The summed E-state index contributed by atoms with van der Waals surface area (Å²) in [5.41, 5.74) is 1.27. The number of rotatable bonds is 8. The highest BCUT2D eigenvalue weighted by Gasteiger charge is 2.43. The fourth-order valence-corrected chi connectivity index (χ4v) is 3.41. The van der Waals surface area contributed by atoms with E-state index in [0.29, 0.717) is 6.42 Å². The summed E-state index contributed by atoms with van der Waals surface area (Å²) < 4.78 is 5.11. The molecule has 1 aliphatic rings. The summed E-state index contributed by atoms with van der Waals surface area (Å²) in [5, 5.41) is 0. The summed E-state index contributed by atoms with van der Waals surface area (Å²) >= 11 is 0. The number of nitrogens with zero attached hydrogens (tertiary/aromatic N) is 1. The topological polar surface area (TPSA) is 29.5 Å². The molecule has 0 aliphatic heterocycles. The molecule has 0 saturated carbocycles. The molecule has 0 aromatic heterocycles. The van der Waals surface area contributed by atoms with Crippen LogP contribution in [0.2, 0.25) is 0 Å². The van der Waals surface area contributed by atoms with Gasteiger partial charge in [0.15, 0.2) is 0 Å². The van der Waals surface area contributed by atoms with Crippen molar-refractivity contribution in [3.63, 3.8) is 0 Å². The molecule has 0 heterocycles. The highest BCUT2D eigenvalue weighted by Crippen LogP contribution is 2.42. The lowest BCUT2D eigenvalue weighted by molar-refractivity contribution is -0.145. The lowest BCUT2D eigenvalue weighted by Crippen LogP contribution is -2.40. The van der Waals surface area contributed by atoms with Crippen LogP contribution in [0, 0.1) is 0 Å². The highest BCUT2D eigenvalue weighted by molar-refractivity contribution is 5.87. The summed E-state index contributed by atoms with van der Waals surface area (Å²) in [4.78, 5) is 14.9. The summed E-state index contributed by atoms with van der Waals surface area (Å²) in [5.74, 6) is -0.261. The molecule has 1 aliphatic carbocycles. The van der Waals surface area contributed by atoms with Gasteiger partial charge in [0.2, 0.25) is 0 Å². The Kier molecular flexibility index (Phi) is 5.93. The van der Waals surface area contributed by atoms with E-state index >= 15 is 0 Å². The number of hydrogen-bond acceptors (Lipinski definition) is 3. The van der Waals surface area contributed by atoms with Crippen LogP contribution in [0.3, 0.4) is 0 Å². The van der Waals surface area contributed by atoms with Gasteiger partial charge in [-0.1, -0.05) is 54.6 Å². The maximum atomic E-state index is 12.6. The van der Waals surface area contributed by atoms with Crippen molar-refractivity contribution in [2.75, 3.05) is 20.2 Å². The summed E-state index contributed by atoms with van der Waals surface area (Å²) in [6, 6.07) is 8.11. The fourth-order valence-electron chi connectivity index (χ4n) is 3.41. The van der Waals surface area contributed by atoms with E-state index in [1.807, 2.05) is 36.4 Å². The number of methoxy groups -OCH3 is 1. The molecule has 0 unspecified atom stereocenters. The van der Waals surface area contributed by atoms with Gasteiger partial charge in [-0.2, -0.15) is 0 Å². The SMILES string of the molecule is C=CCN(CC=C)[C@@H]1C=C[C@](CC=C)(C(=O)OC)c2ccccc21. The maximum absolute atomic E-state index is 12.6. The minimum Gasteiger partial charge on any atom is -0.468 e. The minimum absolute atomic E-state index is 0.0693.